The Labute approximate surface area is 84.2 Å². The third-order valence-corrected chi connectivity index (χ3v) is 3.87. The van der Waals surface area contributed by atoms with E-state index in [1.807, 2.05) is 11.3 Å². The lowest BCUT2D eigenvalue weighted by Crippen LogP contribution is -2.30. The van der Waals surface area contributed by atoms with E-state index in [1.165, 1.54) is 17.7 Å². The minimum Gasteiger partial charge on any atom is -0.307 e. The van der Waals surface area contributed by atoms with Crippen molar-refractivity contribution in [2.75, 3.05) is 0 Å². The van der Waals surface area contributed by atoms with Crippen LogP contribution in [-0.2, 0) is 0 Å². The molecule has 0 aromatic carbocycles. The van der Waals surface area contributed by atoms with E-state index in [0.29, 0.717) is 12.1 Å². The largest absolute Gasteiger partial charge is 0.307 e. The van der Waals surface area contributed by atoms with Gasteiger partial charge in [0.1, 0.15) is 0 Å². The molecule has 72 valence electrons. The van der Waals surface area contributed by atoms with Gasteiger partial charge in [0.2, 0.25) is 0 Å². The van der Waals surface area contributed by atoms with Gasteiger partial charge in [-0.2, -0.15) is 0 Å². The summed E-state index contributed by atoms with van der Waals surface area (Å²) < 4.78 is 0. The first-order chi connectivity index (χ1) is 6.27. The van der Waals surface area contributed by atoms with Crippen molar-refractivity contribution in [2.45, 2.75) is 38.8 Å². The van der Waals surface area contributed by atoms with E-state index in [-0.39, 0.29) is 0 Å². The van der Waals surface area contributed by atoms with E-state index in [9.17, 15) is 0 Å². The molecule has 1 heterocycles. The minimum atomic E-state index is 0.524. The van der Waals surface area contributed by atoms with Gasteiger partial charge in [-0.3, -0.25) is 0 Å². The molecule has 1 aliphatic carbocycles. The first kappa shape index (κ1) is 9.22. The third-order valence-electron chi connectivity index (χ3n) is 2.81. The number of hydrogen-bond donors (Lipinski definition) is 1. The average Bonchev–Trinajstić information content (AvgIpc) is 2.81. The lowest BCUT2D eigenvalue weighted by molar-refractivity contribution is 0.445. The third kappa shape index (κ3) is 2.32. The van der Waals surface area contributed by atoms with Gasteiger partial charge >= 0.3 is 0 Å². The lowest BCUT2D eigenvalue weighted by atomic mass is 10.2. The Morgan fingerprint density at radius 1 is 1.46 bits per heavy atom. The summed E-state index contributed by atoms with van der Waals surface area (Å²) in [5.41, 5.74) is 0. The highest BCUT2D eigenvalue weighted by Gasteiger charge is 2.28. The van der Waals surface area contributed by atoms with Crippen LogP contribution in [-0.4, -0.2) is 6.04 Å². The normalized spacial score (nSPS) is 21.4. The molecule has 2 atom stereocenters. The number of rotatable bonds is 4. The Kier molecular flexibility index (Phi) is 2.70. The molecule has 1 N–H and O–H groups in total. The first-order valence-electron chi connectivity index (χ1n) is 5.07. The van der Waals surface area contributed by atoms with Gasteiger partial charge in [-0.25, -0.2) is 0 Å². The summed E-state index contributed by atoms with van der Waals surface area (Å²) in [6, 6.07) is 5.55. The molecular weight excluding hydrogens is 178 g/mol. The van der Waals surface area contributed by atoms with Gasteiger partial charge in [0, 0.05) is 17.0 Å². The molecule has 1 aliphatic rings. The molecule has 1 aromatic heterocycles. The van der Waals surface area contributed by atoms with Gasteiger partial charge in [-0.05, 0) is 44.1 Å². The van der Waals surface area contributed by atoms with Crippen LogP contribution in [0.5, 0.6) is 0 Å². The predicted octanol–water partition coefficient (Wildman–Crippen LogP) is 3.20. The lowest BCUT2D eigenvalue weighted by Gasteiger charge is -2.18. The topological polar surface area (TPSA) is 12.0 Å². The van der Waals surface area contributed by atoms with Crippen LogP contribution >= 0.6 is 11.3 Å². The average molecular weight is 195 g/mol. The van der Waals surface area contributed by atoms with Crippen molar-refractivity contribution in [3.05, 3.63) is 22.4 Å². The molecule has 2 unspecified atom stereocenters. The molecule has 1 nitrogen and oxygen atoms in total. The van der Waals surface area contributed by atoms with Crippen molar-refractivity contribution in [3.8, 4) is 0 Å². The molecule has 0 spiro atoms. The first-order valence-corrected chi connectivity index (χ1v) is 5.95. The standard InChI is InChI=1S/C11H17NS/c1-8(10-5-6-10)12-9(2)11-4-3-7-13-11/h3-4,7-10,12H,5-6H2,1-2H3. The molecule has 2 rings (SSSR count). The van der Waals surface area contributed by atoms with E-state index >= 15 is 0 Å². The van der Waals surface area contributed by atoms with E-state index < -0.39 is 0 Å². The molecule has 1 fully saturated rings. The van der Waals surface area contributed by atoms with Crippen molar-refractivity contribution in [3.63, 3.8) is 0 Å². The van der Waals surface area contributed by atoms with Crippen molar-refractivity contribution < 1.29 is 0 Å². The fourth-order valence-electron chi connectivity index (χ4n) is 1.75. The number of thiophene rings is 1. The minimum absolute atomic E-state index is 0.524. The van der Waals surface area contributed by atoms with Crippen molar-refractivity contribution in [2.24, 2.45) is 5.92 Å². The van der Waals surface area contributed by atoms with E-state index in [2.05, 4.69) is 36.7 Å². The van der Waals surface area contributed by atoms with Crippen LogP contribution < -0.4 is 5.32 Å². The molecule has 0 saturated heterocycles. The maximum atomic E-state index is 3.65. The van der Waals surface area contributed by atoms with Gasteiger partial charge in [-0.1, -0.05) is 6.07 Å². The summed E-state index contributed by atoms with van der Waals surface area (Å²) in [6.07, 6.45) is 2.84. The van der Waals surface area contributed by atoms with Crippen LogP contribution in [0.1, 0.15) is 37.6 Å². The molecule has 0 amide bonds. The molecule has 13 heavy (non-hydrogen) atoms. The van der Waals surface area contributed by atoms with E-state index in [4.69, 9.17) is 0 Å². The molecule has 1 saturated carbocycles. The highest BCUT2D eigenvalue weighted by atomic mass is 32.1. The summed E-state index contributed by atoms with van der Waals surface area (Å²) in [4.78, 5) is 1.45. The maximum Gasteiger partial charge on any atom is 0.0388 e. The Balaban J connectivity index is 1.87. The number of nitrogens with one attached hydrogen (secondary N) is 1. The predicted molar refractivity (Wildman–Crippen MR) is 58.1 cm³/mol. The monoisotopic (exact) mass is 195 g/mol. The molecule has 0 aliphatic heterocycles. The Morgan fingerprint density at radius 3 is 2.77 bits per heavy atom. The Morgan fingerprint density at radius 2 is 2.23 bits per heavy atom. The zero-order chi connectivity index (χ0) is 9.26. The molecule has 1 aromatic rings. The second kappa shape index (κ2) is 3.81. The van der Waals surface area contributed by atoms with Gasteiger partial charge < -0.3 is 5.32 Å². The smallest absolute Gasteiger partial charge is 0.0388 e. The summed E-state index contributed by atoms with van der Waals surface area (Å²) >= 11 is 1.84. The SMILES string of the molecule is CC(NC(C)C1CC1)c1cccs1. The van der Waals surface area contributed by atoms with E-state index in [1.54, 1.807) is 0 Å². The highest BCUT2D eigenvalue weighted by Crippen LogP contribution is 2.33. The molecular formula is C11H17NS. The fraction of sp³-hybridized carbons (Fsp3) is 0.636. The van der Waals surface area contributed by atoms with Crippen molar-refractivity contribution in [1.29, 1.82) is 0 Å². The fourth-order valence-corrected chi connectivity index (χ4v) is 2.49. The molecule has 0 bridgehead atoms. The highest BCUT2D eigenvalue weighted by molar-refractivity contribution is 7.10. The zero-order valence-corrected chi connectivity index (χ0v) is 9.10. The van der Waals surface area contributed by atoms with Crippen molar-refractivity contribution in [1.82, 2.24) is 5.32 Å². The summed E-state index contributed by atoms with van der Waals surface area (Å²) in [7, 11) is 0. The zero-order valence-electron chi connectivity index (χ0n) is 8.29. The van der Waals surface area contributed by atoms with Crippen LogP contribution in [0.25, 0.3) is 0 Å². The van der Waals surface area contributed by atoms with Crippen LogP contribution in [0.15, 0.2) is 17.5 Å². The van der Waals surface area contributed by atoms with Crippen LogP contribution in [0, 0.1) is 5.92 Å². The second-order valence-electron chi connectivity index (χ2n) is 4.03. The van der Waals surface area contributed by atoms with Gasteiger partial charge in [0.05, 0.1) is 0 Å². The van der Waals surface area contributed by atoms with Gasteiger partial charge in [0.25, 0.3) is 0 Å². The van der Waals surface area contributed by atoms with Crippen LogP contribution in [0.2, 0.25) is 0 Å². The van der Waals surface area contributed by atoms with E-state index in [0.717, 1.165) is 5.92 Å². The van der Waals surface area contributed by atoms with Crippen LogP contribution in [0.3, 0.4) is 0 Å². The second-order valence-corrected chi connectivity index (χ2v) is 5.01. The summed E-state index contributed by atoms with van der Waals surface area (Å²) in [5, 5.41) is 5.80. The summed E-state index contributed by atoms with van der Waals surface area (Å²) in [5.74, 6) is 0.947. The van der Waals surface area contributed by atoms with Crippen LogP contribution in [0.4, 0.5) is 0 Å². The molecule has 2 heteroatoms. The quantitative estimate of drug-likeness (QED) is 0.778. The van der Waals surface area contributed by atoms with Gasteiger partial charge in [-0.15, -0.1) is 11.3 Å². The Bertz CT molecular complexity index is 251. The summed E-state index contributed by atoms with van der Waals surface area (Å²) in [6.45, 7) is 4.56. The molecule has 0 radical (unpaired) electrons. The van der Waals surface area contributed by atoms with Gasteiger partial charge in [0.15, 0.2) is 0 Å². The Hall–Kier alpha value is -0.340. The number of hydrogen-bond acceptors (Lipinski definition) is 2. The van der Waals surface area contributed by atoms with Crippen molar-refractivity contribution >= 4 is 11.3 Å². The maximum absolute atomic E-state index is 3.65.